The molecule has 0 bridgehead atoms. The van der Waals surface area contributed by atoms with Gasteiger partial charge >= 0.3 is 0 Å². The second-order valence-corrected chi connectivity index (χ2v) is 7.73. The fourth-order valence-corrected chi connectivity index (χ4v) is 3.06. The van der Waals surface area contributed by atoms with Crippen LogP contribution >= 0.6 is 0 Å². The first-order valence-electron chi connectivity index (χ1n) is 6.41. The third-order valence-electron chi connectivity index (χ3n) is 3.84. The summed E-state index contributed by atoms with van der Waals surface area (Å²) >= 11 is 0. The van der Waals surface area contributed by atoms with Crippen LogP contribution in [0.4, 0.5) is 0 Å². The quantitative estimate of drug-likeness (QED) is 0.749. The molecule has 0 saturated heterocycles. The molecule has 0 aromatic heterocycles. The molecule has 0 aromatic rings. The first-order chi connectivity index (χ1) is 7.87. The molecule has 0 radical (unpaired) electrons. The SMILES string of the molecule is C[C@@](CO)(NCCS(C)(=O)=O)C1CCCCC1. The lowest BCUT2D eigenvalue weighted by Gasteiger charge is -2.39. The monoisotopic (exact) mass is 263 g/mol. The van der Waals surface area contributed by atoms with Gasteiger partial charge in [0.1, 0.15) is 9.84 Å². The number of aliphatic hydroxyl groups excluding tert-OH is 1. The molecule has 1 aliphatic carbocycles. The molecule has 1 aliphatic rings. The van der Waals surface area contributed by atoms with Crippen molar-refractivity contribution in [2.24, 2.45) is 5.92 Å². The summed E-state index contributed by atoms with van der Waals surface area (Å²) in [5.41, 5.74) is -0.328. The van der Waals surface area contributed by atoms with Gasteiger partial charge in [-0.15, -0.1) is 0 Å². The predicted molar refractivity (Wildman–Crippen MR) is 69.8 cm³/mol. The molecule has 1 rings (SSSR count). The minimum Gasteiger partial charge on any atom is -0.394 e. The van der Waals surface area contributed by atoms with Crippen LogP contribution in [0.3, 0.4) is 0 Å². The Balaban J connectivity index is 2.49. The van der Waals surface area contributed by atoms with Crippen LogP contribution in [-0.4, -0.2) is 44.2 Å². The maximum Gasteiger partial charge on any atom is 0.148 e. The Hall–Kier alpha value is -0.130. The van der Waals surface area contributed by atoms with Gasteiger partial charge in [-0.25, -0.2) is 8.42 Å². The third-order valence-corrected chi connectivity index (χ3v) is 4.78. The Morgan fingerprint density at radius 1 is 1.29 bits per heavy atom. The summed E-state index contributed by atoms with van der Waals surface area (Å²) in [4.78, 5) is 0. The van der Waals surface area contributed by atoms with Gasteiger partial charge in [0.15, 0.2) is 0 Å². The smallest absolute Gasteiger partial charge is 0.148 e. The summed E-state index contributed by atoms with van der Waals surface area (Å²) in [5, 5.41) is 12.8. The average molecular weight is 263 g/mol. The Kier molecular flexibility index (Phi) is 5.41. The molecule has 17 heavy (non-hydrogen) atoms. The van der Waals surface area contributed by atoms with E-state index in [-0.39, 0.29) is 17.9 Å². The Morgan fingerprint density at radius 3 is 2.35 bits per heavy atom. The van der Waals surface area contributed by atoms with E-state index >= 15 is 0 Å². The van der Waals surface area contributed by atoms with Crippen LogP contribution < -0.4 is 5.32 Å². The van der Waals surface area contributed by atoms with Crippen molar-refractivity contribution in [1.82, 2.24) is 5.32 Å². The van der Waals surface area contributed by atoms with Gasteiger partial charge in [0.05, 0.1) is 12.4 Å². The normalized spacial score (nSPS) is 22.3. The molecule has 102 valence electrons. The minimum atomic E-state index is -2.93. The van der Waals surface area contributed by atoms with Gasteiger partial charge in [0.25, 0.3) is 0 Å². The second-order valence-electron chi connectivity index (χ2n) is 5.47. The maximum atomic E-state index is 11.1. The number of hydrogen-bond donors (Lipinski definition) is 2. The summed E-state index contributed by atoms with van der Waals surface area (Å²) in [5.74, 6) is 0.593. The van der Waals surface area contributed by atoms with Crippen molar-refractivity contribution in [1.29, 1.82) is 0 Å². The van der Waals surface area contributed by atoms with Gasteiger partial charge in [-0.3, -0.25) is 0 Å². The molecule has 0 heterocycles. The van der Waals surface area contributed by atoms with E-state index in [0.717, 1.165) is 12.8 Å². The average Bonchev–Trinajstić information content (AvgIpc) is 2.28. The molecule has 1 fully saturated rings. The van der Waals surface area contributed by atoms with E-state index in [1.54, 1.807) is 0 Å². The number of aliphatic hydroxyl groups is 1. The standard InChI is InChI=1S/C12H25NO3S/c1-12(10-14,11-6-4-3-5-7-11)13-8-9-17(2,15)16/h11,13-14H,3-10H2,1-2H3/t12-/m0/s1. The van der Waals surface area contributed by atoms with Gasteiger partial charge in [-0.1, -0.05) is 19.3 Å². The zero-order valence-corrected chi connectivity index (χ0v) is 11.7. The fraction of sp³-hybridized carbons (Fsp3) is 1.00. The highest BCUT2D eigenvalue weighted by Crippen LogP contribution is 2.32. The maximum absolute atomic E-state index is 11.1. The molecular formula is C12H25NO3S. The molecule has 1 saturated carbocycles. The van der Waals surface area contributed by atoms with Crippen molar-refractivity contribution in [3.8, 4) is 0 Å². The van der Waals surface area contributed by atoms with Crippen LogP contribution in [0.15, 0.2) is 0 Å². The lowest BCUT2D eigenvalue weighted by molar-refractivity contribution is 0.0971. The van der Waals surface area contributed by atoms with Crippen molar-refractivity contribution in [2.75, 3.05) is 25.2 Å². The molecule has 1 atom stereocenters. The van der Waals surface area contributed by atoms with E-state index in [4.69, 9.17) is 0 Å². The van der Waals surface area contributed by atoms with Crippen molar-refractivity contribution in [3.63, 3.8) is 0 Å². The van der Waals surface area contributed by atoms with Crippen molar-refractivity contribution < 1.29 is 13.5 Å². The first-order valence-corrected chi connectivity index (χ1v) is 8.47. The van der Waals surface area contributed by atoms with Gasteiger partial charge in [-0.05, 0) is 25.7 Å². The summed E-state index contributed by atoms with van der Waals surface area (Å²) in [6.45, 7) is 2.50. The number of rotatable bonds is 6. The van der Waals surface area contributed by atoms with Gasteiger partial charge in [0, 0.05) is 18.3 Å². The molecule has 0 aliphatic heterocycles. The molecule has 0 spiro atoms. The largest absolute Gasteiger partial charge is 0.394 e. The third kappa shape index (κ3) is 4.94. The molecule has 5 heteroatoms. The Labute approximate surface area is 105 Å². The van der Waals surface area contributed by atoms with Crippen LogP contribution in [0.5, 0.6) is 0 Å². The molecule has 0 amide bonds. The number of nitrogens with one attached hydrogen (secondary N) is 1. The van der Waals surface area contributed by atoms with Gasteiger partial charge in [-0.2, -0.15) is 0 Å². The van der Waals surface area contributed by atoms with E-state index < -0.39 is 9.84 Å². The summed E-state index contributed by atoms with van der Waals surface area (Å²) in [7, 11) is -2.93. The van der Waals surface area contributed by atoms with Crippen LogP contribution in [0.25, 0.3) is 0 Å². The van der Waals surface area contributed by atoms with Crippen LogP contribution in [0, 0.1) is 5.92 Å². The summed E-state index contributed by atoms with van der Waals surface area (Å²) < 4.78 is 22.2. The van der Waals surface area contributed by atoms with E-state index in [1.165, 1.54) is 25.5 Å². The van der Waals surface area contributed by atoms with Crippen molar-refractivity contribution >= 4 is 9.84 Å². The predicted octanol–water partition coefficient (Wildman–Crippen LogP) is 0.952. The Bertz CT molecular complexity index is 323. The zero-order valence-electron chi connectivity index (χ0n) is 10.9. The second kappa shape index (κ2) is 6.16. The van der Waals surface area contributed by atoms with Crippen LogP contribution in [0.2, 0.25) is 0 Å². The van der Waals surface area contributed by atoms with Crippen molar-refractivity contribution in [3.05, 3.63) is 0 Å². The van der Waals surface area contributed by atoms with Crippen molar-refractivity contribution in [2.45, 2.75) is 44.6 Å². The molecule has 2 N–H and O–H groups in total. The van der Waals surface area contributed by atoms with E-state index in [9.17, 15) is 13.5 Å². The minimum absolute atomic E-state index is 0.0709. The highest BCUT2D eigenvalue weighted by molar-refractivity contribution is 7.90. The summed E-state index contributed by atoms with van der Waals surface area (Å²) in [6.07, 6.45) is 7.21. The lowest BCUT2D eigenvalue weighted by atomic mass is 9.76. The molecular weight excluding hydrogens is 238 g/mol. The molecule has 0 unspecified atom stereocenters. The molecule has 4 nitrogen and oxygen atoms in total. The number of hydrogen-bond acceptors (Lipinski definition) is 4. The van der Waals surface area contributed by atoms with E-state index in [2.05, 4.69) is 5.32 Å². The summed E-state index contributed by atoms with van der Waals surface area (Å²) in [6, 6.07) is 0. The topological polar surface area (TPSA) is 66.4 Å². The van der Waals surface area contributed by atoms with E-state index in [0.29, 0.717) is 12.5 Å². The van der Waals surface area contributed by atoms with Gasteiger partial charge in [0.2, 0.25) is 0 Å². The highest BCUT2D eigenvalue weighted by atomic mass is 32.2. The first kappa shape index (κ1) is 14.9. The lowest BCUT2D eigenvalue weighted by Crippen LogP contribution is -2.53. The number of sulfone groups is 1. The van der Waals surface area contributed by atoms with Crippen LogP contribution in [-0.2, 0) is 9.84 Å². The van der Waals surface area contributed by atoms with Gasteiger partial charge < -0.3 is 10.4 Å². The van der Waals surface area contributed by atoms with Crippen LogP contribution in [0.1, 0.15) is 39.0 Å². The Morgan fingerprint density at radius 2 is 1.88 bits per heavy atom. The fourth-order valence-electron chi connectivity index (χ4n) is 2.59. The zero-order chi connectivity index (χ0) is 12.9. The molecule has 0 aromatic carbocycles. The van der Waals surface area contributed by atoms with E-state index in [1.807, 2.05) is 6.92 Å². The highest BCUT2D eigenvalue weighted by Gasteiger charge is 2.33.